The van der Waals surface area contributed by atoms with Crippen LogP contribution in [-0.4, -0.2) is 56.7 Å². The highest BCUT2D eigenvalue weighted by molar-refractivity contribution is 7.22. The van der Waals surface area contributed by atoms with Gasteiger partial charge in [-0.15, -0.1) is 0 Å². The molecule has 1 fully saturated rings. The summed E-state index contributed by atoms with van der Waals surface area (Å²) in [4.78, 5) is 43.4. The number of pyridine rings is 1. The minimum absolute atomic E-state index is 0.180. The van der Waals surface area contributed by atoms with Crippen LogP contribution < -0.4 is 15.5 Å². The third-order valence-corrected chi connectivity index (χ3v) is 7.72. The van der Waals surface area contributed by atoms with Crippen LogP contribution in [0.2, 0.25) is 0 Å². The van der Waals surface area contributed by atoms with Gasteiger partial charge < -0.3 is 15.3 Å². The molecule has 5 rings (SSSR count). The van der Waals surface area contributed by atoms with Gasteiger partial charge in [0.25, 0.3) is 0 Å². The number of fused-ring (bicyclic) bond motifs is 1. The molecule has 2 amide bonds. The Hall–Kier alpha value is -4.19. The van der Waals surface area contributed by atoms with Crippen LogP contribution in [-0.2, 0) is 4.79 Å². The molecule has 38 heavy (non-hydrogen) atoms. The normalized spacial score (nSPS) is 14.9. The Morgan fingerprint density at radius 3 is 2.55 bits per heavy atom. The molecule has 0 saturated carbocycles. The van der Waals surface area contributed by atoms with E-state index in [0.717, 1.165) is 5.56 Å². The number of amides is 2. The number of nitrogens with one attached hydrogen (secondary N) is 2. The average Bonchev–Trinajstić information content (AvgIpc) is 3.31. The summed E-state index contributed by atoms with van der Waals surface area (Å²) in [5.41, 5.74) is 1.99. The molecule has 0 aliphatic carbocycles. The Morgan fingerprint density at radius 1 is 1.16 bits per heavy atom. The second-order valence-corrected chi connectivity index (χ2v) is 10.3. The Morgan fingerprint density at radius 2 is 1.89 bits per heavy atom. The number of carbonyl (C=O) groups excluding carboxylic acids is 1. The van der Waals surface area contributed by atoms with Gasteiger partial charge in [-0.1, -0.05) is 11.3 Å². The first kappa shape index (κ1) is 25.5. The van der Waals surface area contributed by atoms with Crippen molar-refractivity contribution in [3.05, 3.63) is 48.7 Å². The van der Waals surface area contributed by atoms with Gasteiger partial charge in [0.2, 0.25) is 5.95 Å². The molecule has 12 heteroatoms. The number of aliphatic carboxylic acids is 1. The van der Waals surface area contributed by atoms with Gasteiger partial charge >= 0.3 is 12.0 Å². The average molecular weight is 536 g/mol. The molecule has 3 N–H and O–H groups in total. The van der Waals surface area contributed by atoms with E-state index < -0.39 is 17.2 Å². The number of anilines is 2. The van der Waals surface area contributed by atoms with Crippen molar-refractivity contribution in [2.45, 2.75) is 26.7 Å². The predicted octanol–water partition coefficient (Wildman–Crippen LogP) is 4.79. The zero-order chi connectivity index (χ0) is 26.9. The fourth-order valence-electron chi connectivity index (χ4n) is 4.36. The molecule has 0 bridgehead atoms. The van der Waals surface area contributed by atoms with Crippen LogP contribution in [0.4, 0.5) is 20.3 Å². The lowest BCUT2D eigenvalue weighted by Crippen LogP contribution is -2.43. The van der Waals surface area contributed by atoms with Crippen molar-refractivity contribution < 1.29 is 19.1 Å². The summed E-state index contributed by atoms with van der Waals surface area (Å²) in [6.07, 6.45) is 5.93. The van der Waals surface area contributed by atoms with E-state index in [1.165, 1.54) is 29.7 Å². The van der Waals surface area contributed by atoms with E-state index in [-0.39, 0.29) is 11.7 Å². The van der Waals surface area contributed by atoms with E-state index in [0.29, 0.717) is 64.9 Å². The lowest BCUT2D eigenvalue weighted by molar-refractivity contribution is -0.149. The van der Waals surface area contributed by atoms with Crippen LogP contribution in [0.25, 0.3) is 32.6 Å². The van der Waals surface area contributed by atoms with Crippen LogP contribution in [0, 0.1) is 11.2 Å². The van der Waals surface area contributed by atoms with E-state index in [4.69, 9.17) is 0 Å². The van der Waals surface area contributed by atoms with Crippen LogP contribution in [0.15, 0.2) is 42.9 Å². The summed E-state index contributed by atoms with van der Waals surface area (Å²) in [6, 6.07) is 6.17. The highest BCUT2D eigenvalue weighted by Gasteiger charge is 2.37. The molecule has 0 spiro atoms. The molecule has 4 aromatic rings. The number of piperidine rings is 1. The number of carboxylic acids is 1. The lowest BCUT2D eigenvalue weighted by atomic mass is 9.80. The molecule has 1 aliphatic heterocycles. The summed E-state index contributed by atoms with van der Waals surface area (Å²) in [7, 11) is 0. The molecular formula is C26H26FN7O3S. The van der Waals surface area contributed by atoms with Gasteiger partial charge in [-0.25, -0.2) is 24.1 Å². The smallest absolute Gasteiger partial charge is 0.321 e. The monoisotopic (exact) mass is 535 g/mol. The fraction of sp³-hybridized carbons (Fsp3) is 0.308. The van der Waals surface area contributed by atoms with Crippen molar-refractivity contribution in [3.8, 4) is 22.4 Å². The Labute approximate surface area is 222 Å². The summed E-state index contributed by atoms with van der Waals surface area (Å²) < 4.78 is 15.5. The first-order valence-electron chi connectivity index (χ1n) is 12.2. The molecule has 3 aromatic heterocycles. The molecule has 0 unspecified atom stereocenters. The second kappa shape index (κ2) is 10.3. The third-order valence-electron chi connectivity index (χ3n) is 6.70. The number of urea groups is 1. The van der Waals surface area contributed by atoms with Crippen LogP contribution in [0.1, 0.15) is 26.7 Å². The van der Waals surface area contributed by atoms with Crippen molar-refractivity contribution in [1.29, 1.82) is 0 Å². The van der Waals surface area contributed by atoms with Crippen molar-refractivity contribution in [1.82, 2.24) is 25.3 Å². The van der Waals surface area contributed by atoms with Gasteiger partial charge in [0.1, 0.15) is 11.5 Å². The van der Waals surface area contributed by atoms with Crippen LogP contribution in [0.3, 0.4) is 0 Å². The lowest BCUT2D eigenvalue weighted by Gasteiger charge is -2.36. The third kappa shape index (κ3) is 4.99. The van der Waals surface area contributed by atoms with Crippen molar-refractivity contribution in [2.75, 3.05) is 29.9 Å². The van der Waals surface area contributed by atoms with Crippen molar-refractivity contribution in [2.24, 2.45) is 5.41 Å². The zero-order valence-electron chi connectivity index (χ0n) is 20.9. The first-order valence-corrected chi connectivity index (χ1v) is 13.0. The van der Waals surface area contributed by atoms with E-state index >= 15 is 0 Å². The Kier molecular flexibility index (Phi) is 6.89. The maximum absolute atomic E-state index is 14.8. The largest absolute Gasteiger partial charge is 0.481 e. The first-order chi connectivity index (χ1) is 18.3. The number of hydrogen-bond donors (Lipinski definition) is 3. The number of halogens is 1. The number of thiazole rings is 1. The number of rotatable bonds is 6. The minimum Gasteiger partial charge on any atom is -0.481 e. The molecule has 196 valence electrons. The summed E-state index contributed by atoms with van der Waals surface area (Å²) in [5.74, 6) is -0.724. The molecule has 10 nitrogen and oxygen atoms in total. The number of benzene rings is 1. The van der Waals surface area contributed by atoms with Crippen molar-refractivity contribution >= 4 is 44.6 Å². The van der Waals surface area contributed by atoms with E-state index in [1.807, 2.05) is 24.0 Å². The van der Waals surface area contributed by atoms with Crippen LogP contribution >= 0.6 is 11.3 Å². The number of aromatic nitrogens is 4. The molecule has 4 heterocycles. The van der Waals surface area contributed by atoms with Crippen LogP contribution in [0.5, 0.6) is 0 Å². The van der Waals surface area contributed by atoms with Gasteiger partial charge in [0, 0.05) is 49.4 Å². The topological polar surface area (TPSA) is 133 Å². The molecule has 1 aromatic carbocycles. The highest BCUT2D eigenvalue weighted by Crippen LogP contribution is 2.39. The van der Waals surface area contributed by atoms with E-state index in [2.05, 4.69) is 30.6 Å². The Bertz CT molecular complexity index is 1500. The van der Waals surface area contributed by atoms with Gasteiger partial charge in [-0.3, -0.25) is 15.1 Å². The summed E-state index contributed by atoms with van der Waals surface area (Å²) in [6.45, 7) is 5.16. The standard InChI is InChI=1S/C26H26FN7O3S/c1-3-28-24(37)33-25-32-19-12-15(11-17(21(19)38-25)20-18(27)5-4-8-29-20)16-13-30-23(31-14-16)34-9-6-26(2,7-10-34)22(35)36/h4-5,8,11-14H,3,6-7,9-10H2,1-2H3,(H,35,36)(H2,28,32,33,37). The number of nitrogens with zero attached hydrogens (tertiary/aromatic N) is 5. The quantitative estimate of drug-likeness (QED) is 0.321. The molecule has 1 saturated heterocycles. The maximum Gasteiger partial charge on any atom is 0.321 e. The van der Waals surface area contributed by atoms with Gasteiger partial charge in [-0.05, 0) is 56.5 Å². The zero-order valence-corrected chi connectivity index (χ0v) is 21.7. The number of carbonyl (C=O) groups is 2. The molecular weight excluding hydrogens is 509 g/mol. The number of hydrogen-bond acceptors (Lipinski definition) is 8. The Balaban J connectivity index is 1.49. The van der Waals surface area contributed by atoms with Crippen molar-refractivity contribution in [3.63, 3.8) is 0 Å². The number of carboxylic acid groups (broad SMARTS) is 1. The van der Waals surface area contributed by atoms with Gasteiger partial charge in [0.15, 0.2) is 5.13 Å². The SMILES string of the molecule is CCNC(=O)Nc1nc2cc(-c3cnc(N4CCC(C)(C(=O)O)CC4)nc3)cc(-c3ncccc3F)c2s1. The van der Waals surface area contributed by atoms with Gasteiger partial charge in [-0.2, -0.15) is 0 Å². The summed E-state index contributed by atoms with van der Waals surface area (Å²) >= 11 is 1.24. The molecule has 0 radical (unpaired) electrons. The maximum atomic E-state index is 14.8. The highest BCUT2D eigenvalue weighted by atomic mass is 32.1. The fourth-order valence-corrected chi connectivity index (χ4v) is 5.32. The second-order valence-electron chi connectivity index (χ2n) is 9.33. The van der Waals surface area contributed by atoms with E-state index in [9.17, 15) is 19.1 Å². The van der Waals surface area contributed by atoms with Gasteiger partial charge in [0.05, 0.1) is 15.6 Å². The molecule has 1 aliphatic rings. The minimum atomic E-state index is -0.782. The predicted molar refractivity (Wildman–Crippen MR) is 144 cm³/mol. The summed E-state index contributed by atoms with van der Waals surface area (Å²) in [5, 5.41) is 15.2. The molecule has 0 atom stereocenters. The van der Waals surface area contributed by atoms with E-state index in [1.54, 1.807) is 19.3 Å².